The first-order chi connectivity index (χ1) is 11.2. The fourth-order valence-corrected chi connectivity index (χ4v) is 4.93. The second-order valence-electron chi connectivity index (χ2n) is 6.69. The van der Waals surface area contributed by atoms with Crippen molar-refractivity contribution in [2.75, 3.05) is 0 Å². The van der Waals surface area contributed by atoms with Gasteiger partial charge in [-0.05, 0) is 49.7 Å². The summed E-state index contributed by atoms with van der Waals surface area (Å²) in [6.45, 7) is 0. The number of aromatic nitrogens is 1. The van der Waals surface area contributed by atoms with Gasteiger partial charge in [-0.25, -0.2) is 4.98 Å². The molecule has 0 aromatic carbocycles. The molecule has 23 heavy (non-hydrogen) atoms. The second-order valence-corrected chi connectivity index (χ2v) is 7.72. The Balaban J connectivity index is 1.48. The van der Waals surface area contributed by atoms with E-state index in [4.69, 9.17) is 10.2 Å². The van der Waals surface area contributed by atoms with E-state index in [0.717, 1.165) is 17.8 Å². The standard InChI is InChI=1S/C17H21N3O2S/c18-12-7-10-3-1-4-11(8-12)15(10)20-16(21)14-9-19-17(23-14)13-5-2-6-22-13/h2,5-6,9-12,15H,1,3-4,7-8,18H2,(H,20,21). The highest BCUT2D eigenvalue weighted by Gasteiger charge is 2.40. The molecule has 2 fully saturated rings. The van der Waals surface area contributed by atoms with Crippen molar-refractivity contribution in [2.45, 2.75) is 44.2 Å². The van der Waals surface area contributed by atoms with Gasteiger partial charge in [0.15, 0.2) is 10.8 Å². The summed E-state index contributed by atoms with van der Waals surface area (Å²) in [6.07, 6.45) is 8.93. The Morgan fingerprint density at radius 1 is 1.35 bits per heavy atom. The zero-order chi connectivity index (χ0) is 15.8. The molecule has 1 amide bonds. The van der Waals surface area contributed by atoms with E-state index in [0.29, 0.717) is 28.5 Å². The van der Waals surface area contributed by atoms with Crippen LogP contribution in [-0.4, -0.2) is 23.0 Å². The number of nitrogens with zero attached hydrogens (tertiary/aromatic N) is 1. The number of furan rings is 1. The van der Waals surface area contributed by atoms with Crippen molar-refractivity contribution in [3.63, 3.8) is 0 Å². The van der Waals surface area contributed by atoms with E-state index >= 15 is 0 Å². The summed E-state index contributed by atoms with van der Waals surface area (Å²) in [6, 6.07) is 4.24. The van der Waals surface area contributed by atoms with E-state index in [-0.39, 0.29) is 11.9 Å². The molecule has 2 unspecified atom stereocenters. The van der Waals surface area contributed by atoms with Gasteiger partial charge < -0.3 is 15.5 Å². The second kappa shape index (κ2) is 6.09. The predicted molar refractivity (Wildman–Crippen MR) is 89.1 cm³/mol. The summed E-state index contributed by atoms with van der Waals surface area (Å²) >= 11 is 1.37. The van der Waals surface area contributed by atoms with Gasteiger partial charge >= 0.3 is 0 Å². The van der Waals surface area contributed by atoms with Gasteiger partial charge in [0.05, 0.1) is 12.5 Å². The number of nitrogens with one attached hydrogen (secondary N) is 1. The third-order valence-electron chi connectivity index (χ3n) is 5.14. The van der Waals surface area contributed by atoms with E-state index in [1.807, 2.05) is 12.1 Å². The molecule has 5 nitrogen and oxygen atoms in total. The number of amides is 1. The highest BCUT2D eigenvalue weighted by molar-refractivity contribution is 7.16. The average Bonchev–Trinajstić information content (AvgIpc) is 3.19. The zero-order valence-electron chi connectivity index (χ0n) is 12.9. The van der Waals surface area contributed by atoms with E-state index in [1.54, 1.807) is 12.5 Å². The van der Waals surface area contributed by atoms with Crippen LogP contribution in [0.1, 0.15) is 41.8 Å². The lowest BCUT2D eigenvalue weighted by Gasteiger charge is -2.45. The molecule has 0 radical (unpaired) electrons. The molecule has 2 atom stereocenters. The number of rotatable bonds is 3. The van der Waals surface area contributed by atoms with Crippen molar-refractivity contribution in [2.24, 2.45) is 17.6 Å². The van der Waals surface area contributed by atoms with E-state index in [1.165, 1.54) is 30.6 Å². The topological polar surface area (TPSA) is 81.1 Å². The number of fused-ring (bicyclic) bond motifs is 2. The molecule has 2 aromatic rings. The van der Waals surface area contributed by atoms with Crippen molar-refractivity contribution in [1.29, 1.82) is 0 Å². The Kier molecular flexibility index (Phi) is 3.95. The van der Waals surface area contributed by atoms with Crippen LogP contribution in [0.15, 0.2) is 29.0 Å². The first-order valence-corrected chi connectivity index (χ1v) is 9.08. The Morgan fingerprint density at radius 3 is 2.83 bits per heavy atom. The van der Waals surface area contributed by atoms with Gasteiger partial charge in [0.2, 0.25) is 0 Å². The molecular weight excluding hydrogens is 310 g/mol. The molecule has 6 heteroatoms. The molecular formula is C17H21N3O2S. The van der Waals surface area contributed by atoms with Crippen molar-refractivity contribution >= 4 is 17.2 Å². The summed E-state index contributed by atoms with van der Waals surface area (Å²) in [5, 5.41) is 4.00. The van der Waals surface area contributed by atoms with Gasteiger partial charge in [-0.15, -0.1) is 11.3 Å². The van der Waals surface area contributed by atoms with Gasteiger partial charge in [0, 0.05) is 12.1 Å². The summed E-state index contributed by atoms with van der Waals surface area (Å²) in [5.41, 5.74) is 6.16. The highest BCUT2D eigenvalue weighted by atomic mass is 32.1. The molecule has 2 heterocycles. The molecule has 2 aliphatic carbocycles. The monoisotopic (exact) mass is 331 g/mol. The molecule has 122 valence electrons. The molecule has 4 rings (SSSR count). The van der Waals surface area contributed by atoms with Crippen molar-refractivity contribution < 1.29 is 9.21 Å². The quantitative estimate of drug-likeness (QED) is 0.906. The van der Waals surface area contributed by atoms with Gasteiger partial charge in [-0.3, -0.25) is 4.79 Å². The Hall–Kier alpha value is -1.66. The molecule has 2 aromatic heterocycles. The maximum atomic E-state index is 12.6. The maximum Gasteiger partial charge on any atom is 0.263 e. The number of hydrogen-bond donors (Lipinski definition) is 2. The van der Waals surface area contributed by atoms with E-state index in [9.17, 15) is 4.79 Å². The third kappa shape index (κ3) is 2.93. The fraction of sp³-hybridized carbons (Fsp3) is 0.529. The molecule has 2 aliphatic rings. The first kappa shape index (κ1) is 14.9. The van der Waals surface area contributed by atoms with Crippen molar-refractivity contribution in [3.8, 4) is 10.8 Å². The van der Waals surface area contributed by atoms with Gasteiger partial charge in [0.1, 0.15) is 4.88 Å². The Morgan fingerprint density at radius 2 is 2.13 bits per heavy atom. The van der Waals surface area contributed by atoms with Crippen molar-refractivity contribution in [3.05, 3.63) is 29.5 Å². The lowest BCUT2D eigenvalue weighted by Crippen LogP contribution is -2.53. The summed E-state index contributed by atoms with van der Waals surface area (Å²) in [7, 11) is 0. The average molecular weight is 331 g/mol. The van der Waals surface area contributed by atoms with Crippen LogP contribution in [-0.2, 0) is 0 Å². The van der Waals surface area contributed by atoms with Crippen LogP contribution in [0.25, 0.3) is 10.8 Å². The van der Waals surface area contributed by atoms with Crippen LogP contribution in [0.3, 0.4) is 0 Å². The smallest absolute Gasteiger partial charge is 0.263 e. The largest absolute Gasteiger partial charge is 0.462 e. The SMILES string of the molecule is NC1CC2CCCC(C1)C2NC(=O)c1cnc(-c2ccco2)s1. The highest BCUT2D eigenvalue weighted by Crippen LogP contribution is 2.40. The molecule has 0 saturated heterocycles. The summed E-state index contributed by atoms with van der Waals surface area (Å²) < 4.78 is 5.34. The number of nitrogens with two attached hydrogens (primary N) is 1. The van der Waals surface area contributed by atoms with Gasteiger partial charge in [-0.1, -0.05) is 6.42 Å². The predicted octanol–water partition coefficient (Wildman–Crippen LogP) is 3.04. The molecule has 3 N–H and O–H groups in total. The zero-order valence-corrected chi connectivity index (χ0v) is 13.7. The molecule has 2 bridgehead atoms. The first-order valence-electron chi connectivity index (χ1n) is 8.27. The van der Waals surface area contributed by atoms with Crippen LogP contribution >= 0.6 is 11.3 Å². The van der Waals surface area contributed by atoms with Crippen LogP contribution < -0.4 is 11.1 Å². The van der Waals surface area contributed by atoms with Crippen LogP contribution in [0.5, 0.6) is 0 Å². The molecule has 0 aliphatic heterocycles. The molecule has 2 saturated carbocycles. The van der Waals surface area contributed by atoms with E-state index in [2.05, 4.69) is 10.3 Å². The van der Waals surface area contributed by atoms with Gasteiger partial charge in [0.25, 0.3) is 5.91 Å². The normalized spacial score (nSPS) is 30.1. The summed E-state index contributed by atoms with van der Waals surface area (Å²) in [5.74, 6) is 1.74. The minimum Gasteiger partial charge on any atom is -0.462 e. The number of thiazole rings is 1. The van der Waals surface area contributed by atoms with Gasteiger partial charge in [-0.2, -0.15) is 0 Å². The van der Waals surface area contributed by atoms with Crippen molar-refractivity contribution in [1.82, 2.24) is 10.3 Å². The van der Waals surface area contributed by atoms with Crippen LogP contribution in [0.4, 0.5) is 0 Å². The Bertz CT molecular complexity index is 668. The lowest BCUT2D eigenvalue weighted by atomic mass is 9.67. The lowest BCUT2D eigenvalue weighted by molar-refractivity contribution is 0.0759. The fourth-order valence-electron chi connectivity index (χ4n) is 4.14. The van der Waals surface area contributed by atoms with E-state index < -0.39 is 0 Å². The summed E-state index contributed by atoms with van der Waals surface area (Å²) in [4.78, 5) is 17.5. The minimum absolute atomic E-state index is 0.0160. The third-order valence-corrected chi connectivity index (χ3v) is 6.15. The number of carbonyl (C=O) groups is 1. The van der Waals surface area contributed by atoms with Crippen LogP contribution in [0.2, 0.25) is 0 Å². The molecule has 0 spiro atoms. The number of hydrogen-bond acceptors (Lipinski definition) is 5. The number of carbonyl (C=O) groups excluding carboxylic acids is 1. The Labute approximate surface area is 139 Å². The van der Waals surface area contributed by atoms with Crippen LogP contribution in [0, 0.1) is 11.8 Å². The maximum absolute atomic E-state index is 12.6. The minimum atomic E-state index is -0.0160.